The molecular weight excluding hydrogens is 276 g/mol. The third kappa shape index (κ3) is 3.18. The van der Waals surface area contributed by atoms with Gasteiger partial charge >= 0.3 is 0 Å². The van der Waals surface area contributed by atoms with Crippen LogP contribution in [0.2, 0.25) is 0 Å². The van der Waals surface area contributed by atoms with Crippen LogP contribution in [0, 0.1) is 0 Å². The summed E-state index contributed by atoms with van der Waals surface area (Å²) >= 11 is 0. The van der Waals surface area contributed by atoms with E-state index in [-0.39, 0.29) is 0 Å². The van der Waals surface area contributed by atoms with Gasteiger partial charge in [-0.05, 0) is 43.9 Å². The largest absolute Gasteiger partial charge is 0.497 e. The van der Waals surface area contributed by atoms with E-state index in [0.717, 1.165) is 31.1 Å². The minimum Gasteiger partial charge on any atom is -0.497 e. The fourth-order valence-electron chi connectivity index (χ4n) is 3.32. The number of rotatable bonds is 5. The van der Waals surface area contributed by atoms with Crippen molar-refractivity contribution in [1.29, 1.82) is 0 Å². The van der Waals surface area contributed by atoms with E-state index in [1.807, 2.05) is 12.1 Å². The van der Waals surface area contributed by atoms with Crippen LogP contribution in [0.4, 0.5) is 0 Å². The van der Waals surface area contributed by atoms with Crippen LogP contribution in [-0.4, -0.2) is 50.1 Å². The van der Waals surface area contributed by atoms with Crippen molar-refractivity contribution in [1.82, 2.24) is 9.80 Å². The van der Waals surface area contributed by atoms with Crippen LogP contribution in [0.3, 0.4) is 0 Å². The van der Waals surface area contributed by atoms with Gasteiger partial charge in [0.05, 0.1) is 19.9 Å². The third-order valence-electron chi connectivity index (χ3n) is 4.53. The number of ether oxygens (including phenoxy) is 1. The van der Waals surface area contributed by atoms with Crippen molar-refractivity contribution in [2.45, 2.75) is 18.5 Å². The van der Waals surface area contributed by atoms with Gasteiger partial charge in [0, 0.05) is 25.0 Å². The Balaban J connectivity index is 1.75. The van der Waals surface area contributed by atoms with Gasteiger partial charge in [0.25, 0.3) is 0 Å². The molecule has 3 rings (SSSR count). The molecule has 1 fully saturated rings. The summed E-state index contributed by atoms with van der Waals surface area (Å²) in [7, 11) is 6.04. The van der Waals surface area contributed by atoms with Crippen LogP contribution in [0.25, 0.3) is 0 Å². The van der Waals surface area contributed by atoms with Crippen LogP contribution in [0.15, 0.2) is 47.1 Å². The maximum atomic E-state index is 5.49. The summed E-state index contributed by atoms with van der Waals surface area (Å²) in [6, 6.07) is 13.0. The van der Waals surface area contributed by atoms with E-state index < -0.39 is 0 Å². The van der Waals surface area contributed by atoms with Gasteiger partial charge in [-0.3, -0.25) is 4.90 Å². The summed E-state index contributed by atoms with van der Waals surface area (Å²) < 4.78 is 10.8. The number of hydrogen-bond donors (Lipinski definition) is 0. The molecule has 1 saturated heterocycles. The molecule has 0 bridgehead atoms. The van der Waals surface area contributed by atoms with Crippen LogP contribution in [0.5, 0.6) is 5.75 Å². The Morgan fingerprint density at radius 1 is 1.18 bits per heavy atom. The van der Waals surface area contributed by atoms with Crippen molar-refractivity contribution in [2.75, 3.05) is 34.3 Å². The predicted octanol–water partition coefficient (Wildman–Crippen LogP) is 2.82. The summed E-state index contributed by atoms with van der Waals surface area (Å²) in [6.45, 7) is 2.99. The first kappa shape index (κ1) is 15.1. The Kier molecular flexibility index (Phi) is 4.50. The molecule has 2 aromatic rings. The van der Waals surface area contributed by atoms with E-state index >= 15 is 0 Å². The topological polar surface area (TPSA) is 28.9 Å². The molecule has 1 aliphatic rings. The number of hydrogen-bond acceptors (Lipinski definition) is 4. The highest BCUT2D eigenvalue weighted by Crippen LogP contribution is 2.32. The molecule has 1 aliphatic heterocycles. The van der Waals surface area contributed by atoms with E-state index in [9.17, 15) is 0 Å². The first-order valence-corrected chi connectivity index (χ1v) is 7.72. The average molecular weight is 300 g/mol. The molecular formula is C18H24N2O2. The molecule has 1 aromatic carbocycles. The van der Waals surface area contributed by atoms with E-state index in [0.29, 0.717) is 12.0 Å². The van der Waals surface area contributed by atoms with Gasteiger partial charge in [-0.25, -0.2) is 0 Å². The highest BCUT2D eigenvalue weighted by molar-refractivity contribution is 5.31. The zero-order chi connectivity index (χ0) is 15.5. The van der Waals surface area contributed by atoms with Crippen molar-refractivity contribution in [3.05, 3.63) is 54.0 Å². The summed E-state index contributed by atoms with van der Waals surface area (Å²) in [5.41, 5.74) is 1.38. The Morgan fingerprint density at radius 2 is 1.95 bits per heavy atom. The molecule has 0 aliphatic carbocycles. The Bertz CT molecular complexity index is 578. The van der Waals surface area contributed by atoms with E-state index in [1.165, 1.54) is 5.56 Å². The van der Waals surface area contributed by atoms with Gasteiger partial charge in [0.15, 0.2) is 0 Å². The SMILES string of the molecule is COc1ccc([C@@H]2CN(Cc3ccco3)C[C@H]2N(C)C)cc1. The molecule has 2 atom stereocenters. The number of nitrogens with zero attached hydrogens (tertiary/aromatic N) is 2. The lowest BCUT2D eigenvalue weighted by atomic mass is 9.93. The quantitative estimate of drug-likeness (QED) is 0.849. The van der Waals surface area contributed by atoms with Crippen molar-refractivity contribution in [3.8, 4) is 5.75 Å². The van der Waals surface area contributed by atoms with Gasteiger partial charge in [0.1, 0.15) is 11.5 Å². The van der Waals surface area contributed by atoms with Gasteiger partial charge in [-0.15, -0.1) is 0 Å². The first-order valence-electron chi connectivity index (χ1n) is 7.72. The fourth-order valence-corrected chi connectivity index (χ4v) is 3.32. The van der Waals surface area contributed by atoms with Gasteiger partial charge in [-0.1, -0.05) is 12.1 Å². The lowest BCUT2D eigenvalue weighted by Crippen LogP contribution is -2.34. The number of likely N-dealkylation sites (N-methyl/N-ethyl adjacent to an activating group) is 1. The second kappa shape index (κ2) is 6.55. The van der Waals surface area contributed by atoms with Gasteiger partial charge in [-0.2, -0.15) is 0 Å². The highest BCUT2D eigenvalue weighted by Gasteiger charge is 2.35. The molecule has 0 amide bonds. The molecule has 0 unspecified atom stereocenters. The Hall–Kier alpha value is -1.78. The van der Waals surface area contributed by atoms with Gasteiger partial charge < -0.3 is 14.1 Å². The second-order valence-electron chi connectivity index (χ2n) is 6.18. The zero-order valence-corrected chi connectivity index (χ0v) is 13.5. The molecule has 1 aromatic heterocycles. The summed E-state index contributed by atoms with van der Waals surface area (Å²) in [4.78, 5) is 4.80. The average Bonchev–Trinajstić information content (AvgIpc) is 3.17. The Morgan fingerprint density at radius 3 is 2.55 bits per heavy atom. The van der Waals surface area contributed by atoms with Crippen LogP contribution >= 0.6 is 0 Å². The van der Waals surface area contributed by atoms with Crippen molar-refractivity contribution >= 4 is 0 Å². The van der Waals surface area contributed by atoms with E-state index in [4.69, 9.17) is 9.15 Å². The minimum absolute atomic E-state index is 0.510. The second-order valence-corrected chi connectivity index (χ2v) is 6.18. The van der Waals surface area contributed by atoms with E-state index in [2.05, 4.69) is 48.2 Å². The smallest absolute Gasteiger partial charge is 0.118 e. The molecule has 0 spiro atoms. The molecule has 0 saturated carbocycles. The summed E-state index contributed by atoms with van der Waals surface area (Å²) in [5.74, 6) is 2.46. The van der Waals surface area contributed by atoms with Crippen LogP contribution in [-0.2, 0) is 6.54 Å². The van der Waals surface area contributed by atoms with Crippen molar-refractivity contribution < 1.29 is 9.15 Å². The van der Waals surface area contributed by atoms with E-state index in [1.54, 1.807) is 13.4 Å². The van der Waals surface area contributed by atoms with Crippen molar-refractivity contribution in [3.63, 3.8) is 0 Å². The molecule has 2 heterocycles. The van der Waals surface area contributed by atoms with Crippen LogP contribution in [0.1, 0.15) is 17.2 Å². The van der Waals surface area contributed by atoms with Crippen LogP contribution < -0.4 is 4.74 Å². The lowest BCUT2D eigenvalue weighted by molar-refractivity contribution is 0.249. The minimum atomic E-state index is 0.510. The maximum Gasteiger partial charge on any atom is 0.118 e. The fraction of sp³-hybridized carbons (Fsp3) is 0.444. The first-order chi connectivity index (χ1) is 10.7. The third-order valence-corrected chi connectivity index (χ3v) is 4.53. The molecule has 0 radical (unpaired) electrons. The monoisotopic (exact) mass is 300 g/mol. The lowest BCUT2D eigenvalue weighted by Gasteiger charge is -2.25. The Labute approximate surface area is 132 Å². The standard InChI is InChI=1S/C18H24N2O2/c1-19(2)18-13-20(11-16-5-4-10-22-16)12-17(18)14-6-8-15(21-3)9-7-14/h4-10,17-18H,11-13H2,1-3H3/t17-,18+/m0/s1. The van der Waals surface area contributed by atoms with Crippen molar-refractivity contribution in [2.24, 2.45) is 0 Å². The predicted molar refractivity (Wildman–Crippen MR) is 87.2 cm³/mol. The maximum absolute atomic E-state index is 5.49. The highest BCUT2D eigenvalue weighted by atomic mass is 16.5. The molecule has 4 heteroatoms. The molecule has 118 valence electrons. The number of methoxy groups -OCH3 is 1. The molecule has 22 heavy (non-hydrogen) atoms. The summed E-state index contributed by atoms with van der Waals surface area (Å²) in [6.07, 6.45) is 1.75. The molecule has 4 nitrogen and oxygen atoms in total. The number of furan rings is 1. The van der Waals surface area contributed by atoms with Gasteiger partial charge in [0.2, 0.25) is 0 Å². The number of likely N-dealkylation sites (tertiary alicyclic amines) is 1. The number of benzene rings is 1. The normalized spacial score (nSPS) is 22.4. The zero-order valence-electron chi connectivity index (χ0n) is 13.5. The molecule has 0 N–H and O–H groups in total. The summed E-state index contributed by atoms with van der Waals surface area (Å²) in [5, 5.41) is 0.